The molecule has 1 aromatic carbocycles. The van der Waals surface area contributed by atoms with Gasteiger partial charge in [0.1, 0.15) is 0 Å². The van der Waals surface area contributed by atoms with Crippen LogP contribution in [0.1, 0.15) is 10.4 Å². The number of likely N-dealkylation sites (N-methyl/N-ethyl adjacent to an activating group) is 1. The van der Waals surface area contributed by atoms with Crippen LogP contribution in [-0.2, 0) is 0 Å². The molecule has 0 fully saturated rings. The predicted octanol–water partition coefficient (Wildman–Crippen LogP) is 2.44. The van der Waals surface area contributed by atoms with E-state index in [4.69, 9.17) is 17.7 Å². The summed E-state index contributed by atoms with van der Waals surface area (Å²) in [7, 11) is 1.65. The number of rotatable bonds is 5. The van der Waals surface area contributed by atoms with Gasteiger partial charge in [-0.05, 0) is 23.0 Å². The maximum absolute atomic E-state index is 11.9. The number of hydrogen-bond donors (Lipinski definition) is 0. The Hall–Kier alpha value is -1.91. The molecular formula is C11H12N4OS. The van der Waals surface area contributed by atoms with Gasteiger partial charge in [0.25, 0.3) is 5.91 Å². The van der Waals surface area contributed by atoms with Gasteiger partial charge in [0.05, 0.1) is 6.04 Å². The summed E-state index contributed by atoms with van der Waals surface area (Å²) in [6.45, 7) is 0.279. The molecule has 5 nitrogen and oxygen atoms in total. The highest BCUT2D eigenvalue weighted by Gasteiger charge is 2.14. The van der Waals surface area contributed by atoms with Gasteiger partial charge in [0.15, 0.2) is 0 Å². The number of thiocarbonyl (C=S) groups is 1. The van der Waals surface area contributed by atoms with E-state index in [1.807, 2.05) is 6.07 Å². The molecule has 1 rings (SSSR count). The zero-order valence-electron chi connectivity index (χ0n) is 9.35. The Kier molecular flexibility index (Phi) is 5.13. The highest BCUT2D eigenvalue weighted by atomic mass is 32.1. The molecule has 0 aliphatic rings. The predicted molar refractivity (Wildman–Crippen MR) is 70.0 cm³/mol. The molecule has 0 saturated heterocycles. The molecule has 0 aliphatic carbocycles. The monoisotopic (exact) mass is 248 g/mol. The Bertz CT molecular complexity index is 442. The van der Waals surface area contributed by atoms with Crippen LogP contribution in [-0.4, -0.2) is 35.8 Å². The second kappa shape index (κ2) is 6.62. The van der Waals surface area contributed by atoms with Crippen LogP contribution in [0.15, 0.2) is 35.4 Å². The summed E-state index contributed by atoms with van der Waals surface area (Å²) >= 11 is 4.73. The lowest BCUT2D eigenvalue weighted by molar-refractivity contribution is 0.0794. The van der Waals surface area contributed by atoms with Gasteiger partial charge in [-0.1, -0.05) is 35.5 Å². The molecular weight excluding hydrogens is 236 g/mol. The first kappa shape index (κ1) is 13.2. The number of nitrogens with zero attached hydrogens (tertiary/aromatic N) is 4. The largest absolute Gasteiger partial charge is 0.341 e. The molecule has 1 atom stereocenters. The fraction of sp³-hybridized carbons (Fsp3) is 0.273. The van der Waals surface area contributed by atoms with Crippen molar-refractivity contribution in [3.63, 3.8) is 0 Å². The van der Waals surface area contributed by atoms with E-state index in [0.717, 1.165) is 0 Å². The first-order chi connectivity index (χ1) is 8.19. The third-order valence-corrected chi connectivity index (χ3v) is 2.50. The van der Waals surface area contributed by atoms with Crippen LogP contribution < -0.4 is 0 Å². The van der Waals surface area contributed by atoms with E-state index in [1.165, 1.54) is 10.3 Å². The Morgan fingerprint density at radius 3 is 2.76 bits per heavy atom. The molecule has 0 spiro atoms. The average molecular weight is 248 g/mol. The summed E-state index contributed by atoms with van der Waals surface area (Å²) in [5.74, 6) is -0.124. The highest BCUT2D eigenvalue weighted by molar-refractivity contribution is 7.79. The smallest absolute Gasteiger partial charge is 0.253 e. The number of carbonyl (C=O) groups is 1. The Labute approximate surface area is 105 Å². The second-order valence-electron chi connectivity index (χ2n) is 3.46. The molecule has 88 valence electrons. The molecule has 1 aromatic rings. The Balaban J connectivity index is 2.70. The molecule has 17 heavy (non-hydrogen) atoms. The molecule has 0 radical (unpaired) electrons. The summed E-state index contributed by atoms with van der Waals surface area (Å²) in [5.41, 5.74) is 8.92. The molecule has 0 heterocycles. The van der Waals surface area contributed by atoms with Crippen LogP contribution >= 0.6 is 12.2 Å². The summed E-state index contributed by atoms with van der Waals surface area (Å²) in [4.78, 5) is 16.1. The Morgan fingerprint density at radius 1 is 1.59 bits per heavy atom. The van der Waals surface area contributed by atoms with Gasteiger partial charge in [-0.2, -0.15) is 0 Å². The van der Waals surface area contributed by atoms with Crippen molar-refractivity contribution in [1.82, 2.24) is 4.90 Å². The van der Waals surface area contributed by atoms with E-state index in [0.29, 0.717) is 5.56 Å². The van der Waals surface area contributed by atoms with Gasteiger partial charge in [-0.25, -0.2) is 0 Å². The lowest BCUT2D eigenvalue weighted by Gasteiger charge is -2.19. The second-order valence-corrected chi connectivity index (χ2v) is 3.73. The van der Waals surface area contributed by atoms with E-state index in [2.05, 4.69) is 10.0 Å². The minimum atomic E-state index is -0.479. The quantitative estimate of drug-likeness (QED) is 0.347. The number of azide groups is 1. The van der Waals surface area contributed by atoms with Crippen LogP contribution in [0, 0.1) is 0 Å². The normalized spacial score (nSPS) is 11.1. The highest BCUT2D eigenvalue weighted by Crippen LogP contribution is 2.04. The van der Waals surface area contributed by atoms with Crippen molar-refractivity contribution in [2.75, 3.05) is 13.6 Å². The minimum absolute atomic E-state index is 0.124. The van der Waals surface area contributed by atoms with Crippen molar-refractivity contribution >= 4 is 23.5 Å². The molecule has 1 amide bonds. The van der Waals surface area contributed by atoms with Crippen molar-refractivity contribution < 1.29 is 4.79 Å². The molecule has 1 unspecified atom stereocenters. The SMILES string of the molecule is CN(CC(C=S)N=[N+]=[N-])C(=O)c1ccccc1. The standard InChI is InChI=1S/C11H12N4OS/c1-15(7-10(8-17)13-14-12)11(16)9-5-3-2-4-6-9/h2-6,8,10H,7H2,1H3. The molecule has 0 bridgehead atoms. The summed E-state index contributed by atoms with van der Waals surface area (Å²) in [5, 5.41) is 4.84. The number of amides is 1. The third-order valence-electron chi connectivity index (χ3n) is 2.19. The van der Waals surface area contributed by atoms with Crippen molar-refractivity contribution in [2.45, 2.75) is 6.04 Å². The van der Waals surface area contributed by atoms with Gasteiger partial charge >= 0.3 is 0 Å². The topological polar surface area (TPSA) is 69.1 Å². The van der Waals surface area contributed by atoms with Gasteiger partial charge in [-0.3, -0.25) is 4.79 Å². The van der Waals surface area contributed by atoms with Gasteiger partial charge in [-0.15, -0.1) is 0 Å². The fourth-order valence-corrected chi connectivity index (χ4v) is 1.48. The maximum Gasteiger partial charge on any atom is 0.253 e. The van der Waals surface area contributed by atoms with Gasteiger partial charge < -0.3 is 4.90 Å². The van der Waals surface area contributed by atoms with Crippen molar-refractivity contribution in [2.24, 2.45) is 5.11 Å². The summed E-state index contributed by atoms with van der Waals surface area (Å²) in [6.07, 6.45) is 0. The fourth-order valence-electron chi connectivity index (χ4n) is 1.34. The maximum atomic E-state index is 11.9. The molecule has 0 saturated carbocycles. The van der Waals surface area contributed by atoms with Crippen LogP contribution in [0.2, 0.25) is 0 Å². The molecule has 0 aliphatic heterocycles. The van der Waals surface area contributed by atoms with Crippen LogP contribution in [0.3, 0.4) is 0 Å². The lowest BCUT2D eigenvalue weighted by Crippen LogP contribution is -2.33. The molecule has 0 aromatic heterocycles. The molecule has 0 N–H and O–H groups in total. The first-order valence-electron chi connectivity index (χ1n) is 4.99. The first-order valence-corrected chi connectivity index (χ1v) is 5.46. The van der Waals surface area contributed by atoms with Crippen LogP contribution in [0.25, 0.3) is 10.4 Å². The van der Waals surface area contributed by atoms with E-state index >= 15 is 0 Å². The zero-order valence-corrected chi connectivity index (χ0v) is 10.2. The minimum Gasteiger partial charge on any atom is -0.341 e. The van der Waals surface area contributed by atoms with Crippen molar-refractivity contribution in [1.29, 1.82) is 0 Å². The lowest BCUT2D eigenvalue weighted by atomic mass is 10.2. The molecule has 6 heteroatoms. The zero-order chi connectivity index (χ0) is 12.7. The average Bonchev–Trinajstić information content (AvgIpc) is 2.38. The van der Waals surface area contributed by atoms with E-state index in [1.54, 1.807) is 31.3 Å². The van der Waals surface area contributed by atoms with Gasteiger partial charge in [0, 0.05) is 24.1 Å². The van der Waals surface area contributed by atoms with Crippen LogP contribution in [0.5, 0.6) is 0 Å². The number of carbonyl (C=O) groups excluding carboxylic acids is 1. The van der Waals surface area contributed by atoms with Crippen LogP contribution in [0.4, 0.5) is 0 Å². The van der Waals surface area contributed by atoms with Gasteiger partial charge in [0.2, 0.25) is 0 Å². The van der Waals surface area contributed by atoms with E-state index < -0.39 is 6.04 Å². The van der Waals surface area contributed by atoms with E-state index in [-0.39, 0.29) is 12.5 Å². The van der Waals surface area contributed by atoms with Crippen molar-refractivity contribution in [3.8, 4) is 0 Å². The number of benzene rings is 1. The summed E-state index contributed by atoms with van der Waals surface area (Å²) in [6, 6.07) is 8.43. The summed E-state index contributed by atoms with van der Waals surface area (Å²) < 4.78 is 0. The van der Waals surface area contributed by atoms with Crippen molar-refractivity contribution in [3.05, 3.63) is 46.3 Å². The number of hydrogen-bond acceptors (Lipinski definition) is 3. The third kappa shape index (κ3) is 3.86. The van der Waals surface area contributed by atoms with E-state index in [9.17, 15) is 4.79 Å². The Morgan fingerprint density at radius 2 is 2.24 bits per heavy atom.